The van der Waals surface area contributed by atoms with E-state index in [0.717, 1.165) is 0 Å². The van der Waals surface area contributed by atoms with Crippen LogP contribution in [-0.4, -0.2) is 4.57 Å². The number of rotatable bonds is 1. The summed E-state index contributed by atoms with van der Waals surface area (Å²) in [7, 11) is 2.07. The Morgan fingerprint density at radius 2 is 1.81 bits per heavy atom. The quantitative estimate of drug-likeness (QED) is 0.779. The van der Waals surface area contributed by atoms with Crippen LogP contribution in [0.5, 0.6) is 0 Å². The summed E-state index contributed by atoms with van der Waals surface area (Å²) in [6, 6.07) is 8.49. The minimum Gasteiger partial charge on any atom is -0.350 e. The molecule has 0 bridgehead atoms. The lowest BCUT2D eigenvalue weighted by Crippen LogP contribution is -2.26. The number of nitrogens with two attached hydrogens (primary N) is 1. The summed E-state index contributed by atoms with van der Waals surface area (Å²) in [6.45, 7) is 6.54. The summed E-state index contributed by atoms with van der Waals surface area (Å²) in [5, 5.41) is 1.27. The van der Waals surface area contributed by atoms with Crippen LogP contribution in [0.25, 0.3) is 10.9 Å². The minimum atomic E-state index is 0.0681. The fourth-order valence-electron chi connectivity index (χ4n) is 2.09. The van der Waals surface area contributed by atoms with Crippen LogP contribution in [0.15, 0.2) is 30.5 Å². The number of fused-ring (bicyclic) bond motifs is 1. The lowest BCUT2D eigenvalue weighted by atomic mass is 9.83. The van der Waals surface area contributed by atoms with Crippen LogP contribution < -0.4 is 5.73 Å². The molecule has 2 N–H and O–H groups in total. The van der Waals surface area contributed by atoms with Crippen molar-refractivity contribution in [1.29, 1.82) is 0 Å². The van der Waals surface area contributed by atoms with Gasteiger partial charge < -0.3 is 10.3 Å². The van der Waals surface area contributed by atoms with Crippen LogP contribution in [0.4, 0.5) is 0 Å². The third-order valence-electron chi connectivity index (χ3n) is 3.20. The Bertz CT molecular complexity index is 503. The molecular weight excluding hydrogens is 196 g/mol. The van der Waals surface area contributed by atoms with E-state index < -0.39 is 0 Å². The van der Waals surface area contributed by atoms with Crippen LogP contribution in [0.1, 0.15) is 32.4 Å². The fraction of sp³-hybridized carbons (Fsp3) is 0.429. The molecule has 1 aromatic carbocycles. The van der Waals surface area contributed by atoms with Crippen molar-refractivity contribution in [2.24, 2.45) is 18.2 Å². The van der Waals surface area contributed by atoms with Gasteiger partial charge in [-0.05, 0) is 17.0 Å². The molecule has 2 nitrogen and oxygen atoms in total. The van der Waals surface area contributed by atoms with E-state index in [1.54, 1.807) is 0 Å². The summed E-state index contributed by atoms with van der Waals surface area (Å²) in [5.41, 5.74) is 8.91. The highest BCUT2D eigenvalue weighted by molar-refractivity contribution is 5.84. The van der Waals surface area contributed by atoms with Crippen LogP contribution in [-0.2, 0) is 7.05 Å². The molecule has 0 saturated carbocycles. The predicted octanol–water partition coefficient (Wildman–Crippen LogP) is 3.22. The highest BCUT2D eigenvalue weighted by atomic mass is 14.9. The average Bonchev–Trinajstić information content (AvgIpc) is 2.55. The maximum atomic E-state index is 6.34. The molecule has 1 atom stereocenters. The van der Waals surface area contributed by atoms with Crippen LogP contribution in [0.3, 0.4) is 0 Å². The van der Waals surface area contributed by atoms with E-state index >= 15 is 0 Å². The monoisotopic (exact) mass is 216 g/mol. The lowest BCUT2D eigenvalue weighted by Gasteiger charge is -2.26. The third-order valence-corrected chi connectivity index (χ3v) is 3.20. The average molecular weight is 216 g/mol. The number of hydrogen-bond acceptors (Lipinski definition) is 1. The van der Waals surface area contributed by atoms with Crippen molar-refractivity contribution < 1.29 is 0 Å². The van der Waals surface area contributed by atoms with Gasteiger partial charge in [-0.1, -0.05) is 39.0 Å². The van der Waals surface area contributed by atoms with Gasteiger partial charge in [-0.15, -0.1) is 0 Å². The van der Waals surface area contributed by atoms with Crippen molar-refractivity contribution in [3.8, 4) is 0 Å². The molecule has 0 unspecified atom stereocenters. The van der Waals surface area contributed by atoms with E-state index in [1.807, 2.05) is 0 Å². The Balaban J connectivity index is 2.62. The molecule has 2 rings (SSSR count). The largest absolute Gasteiger partial charge is 0.350 e. The smallest absolute Gasteiger partial charge is 0.0481 e. The van der Waals surface area contributed by atoms with Gasteiger partial charge in [0.05, 0.1) is 0 Å². The van der Waals surface area contributed by atoms with Gasteiger partial charge in [-0.25, -0.2) is 0 Å². The number of benzene rings is 1. The number of aromatic nitrogens is 1. The number of hydrogen-bond donors (Lipinski definition) is 1. The molecule has 0 aliphatic carbocycles. The summed E-state index contributed by atoms with van der Waals surface area (Å²) in [4.78, 5) is 0. The Morgan fingerprint density at radius 1 is 1.19 bits per heavy atom. The standard InChI is InChI=1S/C14H20N2/c1-14(2,3)13(15)11-9-16(4)12-8-6-5-7-10(11)12/h5-9,13H,15H2,1-4H3/t13-/m1/s1. The predicted molar refractivity (Wildman–Crippen MR) is 69.3 cm³/mol. The Labute approximate surface area is 97.1 Å². The van der Waals surface area contributed by atoms with Crippen LogP contribution in [0, 0.1) is 5.41 Å². The highest BCUT2D eigenvalue weighted by Gasteiger charge is 2.24. The van der Waals surface area contributed by atoms with E-state index in [-0.39, 0.29) is 11.5 Å². The van der Waals surface area contributed by atoms with Gasteiger partial charge >= 0.3 is 0 Å². The Morgan fingerprint density at radius 3 is 2.44 bits per heavy atom. The van der Waals surface area contributed by atoms with Crippen molar-refractivity contribution in [3.63, 3.8) is 0 Å². The fourth-order valence-corrected chi connectivity index (χ4v) is 2.09. The molecule has 0 amide bonds. The zero-order chi connectivity index (χ0) is 11.9. The van der Waals surface area contributed by atoms with Gasteiger partial charge in [-0.3, -0.25) is 0 Å². The SMILES string of the molecule is Cn1cc([C@@H](N)C(C)(C)C)c2ccccc21. The van der Waals surface area contributed by atoms with Crippen molar-refractivity contribution in [2.45, 2.75) is 26.8 Å². The van der Waals surface area contributed by atoms with Crippen LogP contribution >= 0.6 is 0 Å². The molecule has 0 spiro atoms. The zero-order valence-electron chi connectivity index (χ0n) is 10.5. The maximum absolute atomic E-state index is 6.34. The van der Waals surface area contributed by atoms with E-state index in [0.29, 0.717) is 0 Å². The molecule has 0 saturated heterocycles. The molecule has 86 valence electrons. The van der Waals surface area contributed by atoms with Gasteiger partial charge in [0.1, 0.15) is 0 Å². The first-order chi connectivity index (χ1) is 7.41. The molecule has 1 aromatic heterocycles. The van der Waals surface area contributed by atoms with Gasteiger partial charge in [0.25, 0.3) is 0 Å². The Kier molecular flexibility index (Phi) is 2.55. The first kappa shape index (κ1) is 11.2. The first-order valence-corrected chi connectivity index (χ1v) is 5.71. The molecule has 1 heterocycles. The molecule has 2 heteroatoms. The van der Waals surface area contributed by atoms with E-state index in [4.69, 9.17) is 5.73 Å². The highest BCUT2D eigenvalue weighted by Crippen LogP contribution is 2.35. The normalized spacial score (nSPS) is 14.3. The Hall–Kier alpha value is -1.28. The number of para-hydroxylation sites is 1. The number of aryl methyl sites for hydroxylation is 1. The molecule has 0 aliphatic rings. The molecule has 0 radical (unpaired) electrons. The van der Waals surface area contributed by atoms with E-state index in [9.17, 15) is 0 Å². The van der Waals surface area contributed by atoms with Crippen molar-refractivity contribution in [1.82, 2.24) is 4.57 Å². The zero-order valence-corrected chi connectivity index (χ0v) is 10.5. The molecule has 16 heavy (non-hydrogen) atoms. The summed E-state index contributed by atoms with van der Waals surface area (Å²) in [6.07, 6.45) is 2.15. The lowest BCUT2D eigenvalue weighted by molar-refractivity contribution is 0.328. The second-order valence-corrected chi connectivity index (χ2v) is 5.56. The van der Waals surface area contributed by atoms with Crippen molar-refractivity contribution >= 4 is 10.9 Å². The second kappa shape index (κ2) is 3.63. The second-order valence-electron chi connectivity index (χ2n) is 5.56. The number of nitrogens with zero attached hydrogens (tertiary/aromatic N) is 1. The molecule has 0 fully saturated rings. The van der Waals surface area contributed by atoms with Crippen molar-refractivity contribution in [3.05, 3.63) is 36.0 Å². The van der Waals surface area contributed by atoms with E-state index in [2.05, 4.69) is 62.8 Å². The minimum absolute atomic E-state index is 0.0681. The van der Waals surface area contributed by atoms with Gasteiger partial charge in [0, 0.05) is 30.2 Å². The summed E-state index contributed by atoms with van der Waals surface area (Å²) in [5.74, 6) is 0. The summed E-state index contributed by atoms with van der Waals surface area (Å²) >= 11 is 0. The van der Waals surface area contributed by atoms with Crippen molar-refractivity contribution in [2.75, 3.05) is 0 Å². The molecule has 2 aromatic rings. The van der Waals surface area contributed by atoms with Gasteiger partial charge in [0.2, 0.25) is 0 Å². The summed E-state index contributed by atoms with van der Waals surface area (Å²) < 4.78 is 2.15. The van der Waals surface area contributed by atoms with Gasteiger partial charge in [0.15, 0.2) is 0 Å². The third kappa shape index (κ3) is 1.74. The van der Waals surface area contributed by atoms with Crippen LogP contribution in [0.2, 0.25) is 0 Å². The molecule has 0 aliphatic heterocycles. The molecular formula is C14H20N2. The maximum Gasteiger partial charge on any atom is 0.0481 e. The van der Waals surface area contributed by atoms with Gasteiger partial charge in [-0.2, -0.15) is 0 Å². The first-order valence-electron chi connectivity index (χ1n) is 5.71. The van der Waals surface area contributed by atoms with E-state index in [1.165, 1.54) is 16.5 Å². The topological polar surface area (TPSA) is 30.9 Å².